The molecule has 1 saturated heterocycles. The van der Waals surface area contributed by atoms with Crippen LogP contribution in [0, 0.1) is 0 Å². The second-order valence-corrected chi connectivity index (χ2v) is 11.3. The Morgan fingerprint density at radius 3 is 2.52 bits per heavy atom. The molecule has 0 radical (unpaired) electrons. The summed E-state index contributed by atoms with van der Waals surface area (Å²) in [6.07, 6.45) is 4.26. The van der Waals surface area contributed by atoms with Gasteiger partial charge in [-0.05, 0) is 38.7 Å². The summed E-state index contributed by atoms with van der Waals surface area (Å²) in [5.74, 6) is 0. The summed E-state index contributed by atoms with van der Waals surface area (Å²) < 4.78 is 7.88. The van der Waals surface area contributed by atoms with Crippen LogP contribution in [0.15, 0.2) is 42.1 Å². The van der Waals surface area contributed by atoms with E-state index in [1.54, 1.807) is 0 Å². The lowest BCUT2D eigenvalue weighted by Crippen LogP contribution is -2.42. The van der Waals surface area contributed by atoms with Gasteiger partial charge in [-0.1, -0.05) is 48.2 Å². The first-order valence-corrected chi connectivity index (χ1v) is 11.3. The van der Waals surface area contributed by atoms with Gasteiger partial charge in [-0.15, -0.1) is 0 Å². The van der Waals surface area contributed by atoms with E-state index in [2.05, 4.69) is 60.1 Å². The molecule has 0 N–H and O–H groups in total. The molecular formula is C18H27N2OPS. The number of hydrogen-bond donors (Lipinski definition) is 0. The summed E-state index contributed by atoms with van der Waals surface area (Å²) in [6.45, 7) is 3.67. The van der Waals surface area contributed by atoms with Crippen molar-refractivity contribution in [3.8, 4) is 0 Å². The first kappa shape index (κ1) is 17.2. The van der Waals surface area contributed by atoms with Crippen molar-refractivity contribution in [1.82, 2.24) is 9.57 Å². The van der Waals surface area contributed by atoms with E-state index in [4.69, 9.17) is 16.5 Å². The van der Waals surface area contributed by atoms with E-state index in [1.165, 1.54) is 30.3 Å². The highest BCUT2D eigenvalue weighted by Gasteiger charge is 2.38. The number of rotatable bonds is 4. The maximum Gasteiger partial charge on any atom is 0.0642 e. The van der Waals surface area contributed by atoms with Crippen LogP contribution >= 0.6 is 6.19 Å². The lowest BCUT2D eigenvalue weighted by Gasteiger charge is -2.44. The quantitative estimate of drug-likeness (QED) is 0.776. The van der Waals surface area contributed by atoms with E-state index < -0.39 is 6.19 Å². The Bertz CT molecular complexity index is 596. The van der Waals surface area contributed by atoms with Gasteiger partial charge >= 0.3 is 0 Å². The number of morpholine rings is 1. The van der Waals surface area contributed by atoms with Crippen molar-refractivity contribution in [1.29, 1.82) is 0 Å². The van der Waals surface area contributed by atoms with Gasteiger partial charge in [-0.25, -0.2) is 0 Å². The van der Waals surface area contributed by atoms with Crippen molar-refractivity contribution in [2.45, 2.75) is 24.9 Å². The highest BCUT2D eigenvalue weighted by molar-refractivity contribution is 8.17. The normalized spacial score (nSPS) is 25.1. The molecule has 2 aliphatic rings. The van der Waals surface area contributed by atoms with Gasteiger partial charge in [0.25, 0.3) is 0 Å². The van der Waals surface area contributed by atoms with Gasteiger partial charge in [0, 0.05) is 24.4 Å². The van der Waals surface area contributed by atoms with Crippen LogP contribution in [0.2, 0.25) is 0 Å². The topological polar surface area (TPSA) is 15.7 Å². The number of allylic oxidation sites excluding steroid dienone is 2. The highest BCUT2D eigenvalue weighted by Crippen LogP contribution is 2.57. The van der Waals surface area contributed by atoms with Crippen LogP contribution in [-0.4, -0.2) is 55.6 Å². The molecule has 1 aliphatic heterocycles. The maximum atomic E-state index is 6.40. The molecule has 0 bridgehead atoms. The minimum Gasteiger partial charge on any atom is -0.378 e. The fourth-order valence-electron chi connectivity index (χ4n) is 3.69. The van der Waals surface area contributed by atoms with E-state index in [0.717, 1.165) is 26.3 Å². The van der Waals surface area contributed by atoms with Crippen molar-refractivity contribution in [3.63, 3.8) is 0 Å². The molecule has 23 heavy (non-hydrogen) atoms. The fourth-order valence-corrected chi connectivity index (χ4v) is 7.84. The minimum absolute atomic E-state index is 0.460. The van der Waals surface area contributed by atoms with Crippen LogP contribution in [0.25, 0.3) is 0 Å². The lowest BCUT2D eigenvalue weighted by molar-refractivity contribution is 0.0515. The smallest absolute Gasteiger partial charge is 0.0642 e. The van der Waals surface area contributed by atoms with Gasteiger partial charge in [-0.2, -0.15) is 0 Å². The van der Waals surface area contributed by atoms with E-state index in [9.17, 15) is 0 Å². The summed E-state index contributed by atoms with van der Waals surface area (Å²) in [4.78, 5) is 2.53. The molecular weight excluding hydrogens is 323 g/mol. The van der Waals surface area contributed by atoms with Crippen LogP contribution in [0.3, 0.4) is 0 Å². The Morgan fingerprint density at radius 2 is 1.87 bits per heavy atom. The van der Waals surface area contributed by atoms with Crippen molar-refractivity contribution >= 4 is 23.3 Å². The molecule has 1 heterocycles. The Kier molecular flexibility index (Phi) is 5.58. The van der Waals surface area contributed by atoms with Gasteiger partial charge in [0.05, 0.1) is 19.4 Å². The Morgan fingerprint density at radius 1 is 1.17 bits per heavy atom. The third-order valence-electron chi connectivity index (χ3n) is 4.90. The molecule has 2 atom stereocenters. The zero-order valence-corrected chi connectivity index (χ0v) is 15.9. The second-order valence-electron chi connectivity index (χ2n) is 6.48. The SMILES string of the molecule is CN(C)P(=S)(c1ccccc1)C1CCCC=C1N1CCOCC1. The predicted molar refractivity (Wildman–Crippen MR) is 102 cm³/mol. The minimum atomic E-state index is -1.83. The van der Waals surface area contributed by atoms with E-state index in [1.807, 2.05) is 0 Å². The van der Waals surface area contributed by atoms with Gasteiger partial charge in [0.1, 0.15) is 0 Å². The fraction of sp³-hybridized carbons (Fsp3) is 0.556. The van der Waals surface area contributed by atoms with Crippen molar-refractivity contribution in [2.24, 2.45) is 0 Å². The number of hydrogen-bond acceptors (Lipinski definition) is 3. The summed E-state index contributed by atoms with van der Waals surface area (Å²) >= 11 is 6.40. The molecule has 126 valence electrons. The third-order valence-corrected chi connectivity index (χ3v) is 10.9. The average Bonchev–Trinajstić information content (AvgIpc) is 2.62. The van der Waals surface area contributed by atoms with E-state index in [-0.39, 0.29) is 0 Å². The third kappa shape index (κ3) is 3.41. The molecule has 5 heteroatoms. The molecule has 2 unspecified atom stereocenters. The molecule has 1 aromatic carbocycles. The largest absolute Gasteiger partial charge is 0.378 e. The van der Waals surface area contributed by atoms with E-state index >= 15 is 0 Å². The Labute approximate surface area is 145 Å². The van der Waals surface area contributed by atoms with Crippen LogP contribution in [0.5, 0.6) is 0 Å². The summed E-state index contributed by atoms with van der Waals surface area (Å²) in [7, 11) is 4.33. The summed E-state index contributed by atoms with van der Waals surface area (Å²) in [6, 6.07) is 10.8. The molecule has 0 saturated carbocycles. The van der Waals surface area contributed by atoms with Crippen LogP contribution < -0.4 is 5.30 Å². The van der Waals surface area contributed by atoms with Gasteiger partial charge in [0.15, 0.2) is 0 Å². The maximum absolute atomic E-state index is 6.40. The summed E-state index contributed by atoms with van der Waals surface area (Å²) in [5.41, 5.74) is 1.95. The molecule has 1 aliphatic carbocycles. The molecule has 0 aromatic heterocycles. The van der Waals surface area contributed by atoms with Crippen molar-refractivity contribution in [2.75, 3.05) is 40.4 Å². The lowest BCUT2D eigenvalue weighted by atomic mass is 10.0. The second kappa shape index (κ2) is 7.48. The predicted octanol–water partition coefficient (Wildman–Crippen LogP) is 3.04. The van der Waals surface area contributed by atoms with Gasteiger partial charge in [0.2, 0.25) is 0 Å². The van der Waals surface area contributed by atoms with Crippen molar-refractivity contribution < 1.29 is 4.74 Å². The van der Waals surface area contributed by atoms with Crippen molar-refractivity contribution in [3.05, 3.63) is 42.1 Å². The van der Waals surface area contributed by atoms with Crippen LogP contribution in [0.4, 0.5) is 0 Å². The number of benzene rings is 1. The van der Waals surface area contributed by atoms with Gasteiger partial charge in [-0.3, -0.25) is 4.67 Å². The Hall–Kier alpha value is -0.670. The van der Waals surface area contributed by atoms with E-state index in [0.29, 0.717) is 5.66 Å². The first-order chi connectivity index (χ1) is 11.1. The monoisotopic (exact) mass is 350 g/mol. The van der Waals surface area contributed by atoms with Gasteiger partial charge < -0.3 is 9.64 Å². The molecule has 3 nitrogen and oxygen atoms in total. The molecule has 1 aromatic rings. The molecule has 3 rings (SSSR count). The molecule has 1 fully saturated rings. The first-order valence-electron chi connectivity index (χ1n) is 8.50. The standard InChI is InChI=1S/C18H27N2OPS/c1-19(2)22(23,16-8-4-3-5-9-16)18-11-7-6-10-17(18)20-12-14-21-15-13-20/h3-5,8-10,18H,6-7,11-15H2,1-2H3. The number of ether oxygens (including phenoxy) is 1. The summed E-state index contributed by atoms with van der Waals surface area (Å²) in [5, 5.41) is 1.34. The molecule has 0 spiro atoms. The zero-order chi connectivity index (χ0) is 16.3. The Balaban J connectivity index is 1.99. The van der Waals surface area contributed by atoms with Crippen LogP contribution in [-0.2, 0) is 16.5 Å². The number of nitrogens with zero attached hydrogens (tertiary/aromatic N) is 2. The average molecular weight is 350 g/mol. The highest BCUT2D eigenvalue weighted by atomic mass is 32.4. The zero-order valence-electron chi connectivity index (χ0n) is 14.1. The molecule has 0 amide bonds. The van der Waals surface area contributed by atoms with Crippen LogP contribution in [0.1, 0.15) is 19.3 Å².